The number of hydrogen-bond acceptors (Lipinski definition) is 14. The zero-order chi connectivity index (χ0) is 36.6. The zero-order valence-electron chi connectivity index (χ0n) is 27.5. The van der Waals surface area contributed by atoms with E-state index in [-0.39, 0.29) is 47.8 Å². The zero-order valence-corrected chi connectivity index (χ0v) is 29.5. The number of pyridine rings is 3. The number of ether oxygens (including phenoxy) is 3. The SMILES string of the molecule is CO.COC(=O)/C(=C/c1ccccn1)N=[N+]=[N-].COC(=O)CN=[N+]=[N-].COC(=O)c1cc2ncccc2[nH]1.C[O-].O=Cc1ccccn1.[Na+]. The molecule has 0 saturated heterocycles. The maximum atomic E-state index is 11.1. The van der Waals surface area contributed by atoms with Crippen molar-refractivity contribution in [2.45, 2.75) is 0 Å². The van der Waals surface area contributed by atoms with Gasteiger partial charge in [-0.05, 0) is 59.6 Å². The van der Waals surface area contributed by atoms with Gasteiger partial charge in [0.25, 0.3) is 0 Å². The van der Waals surface area contributed by atoms with E-state index >= 15 is 0 Å². The van der Waals surface area contributed by atoms with Crippen LogP contribution in [0, 0.1) is 0 Å². The van der Waals surface area contributed by atoms with E-state index in [0.717, 1.165) is 31.5 Å². The smallest absolute Gasteiger partial charge is 0.857 e. The van der Waals surface area contributed by atoms with Gasteiger partial charge in [-0.25, -0.2) is 9.59 Å². The van der Waals surface area contributed by atoms with Crippen LogP contribution in [0.1, 0.15) is 26.7 Å². The Morgan fingerprint density at radius 3 is 1.90 bits per heavy atom. The standard InChI is InChI=1S/C9H8N4O2.C9H8N2O2.C6H5NO.C3H5N3O2.CH4O.CH3O.Na/c1-15-9(14)8(12-13-10)6-7-4-2-3-5-11-7;1-13-9(12)8-5-7-6(11-8)3-2-4-10-7;8-5-6-3-1-2-4-7-6;1-8-3(7)2-5-6-4;2*1-2;/h2-6H,1H3;2-5,11H,1H3;1-5H;2H2,1H3;2H,1H3;1H3;/q;;;;;-1;+1/b8-6-;;;;;;. The van der Waals surface area contributed by atoms with Gasteiger partial charge in [-0.3, -0.25) is 24.5 Å². The van der Waals surface area contributed by atoms with Crippen LogP contribution in [0.25, 0.3) is 38.0 Å². The molecule has 0 unspecified atom stereocenters. The van der Waals surface area contributed by atoms with Crippen molar-refractivity contribution in [2.24, 2.45) is 10.2 Å². The summed E-state index contributed by atoms with van der Waals surface area (Å²) in [6, 6.07) is 15.7. The average Bonchev–Trinajstić information content (AvgIpc) is 3.61. The number of methoxy groups -OCH3 is 3. The number of rotatable bonds is 7. The first-order valence-electron chi connectivity index (χ1n) is 12.9. The number of carbonyl (C=O) groups excluding carboxylic acids is 4. The maximum absolute atomic E-state index is 11.1. The summed E-state index contributed by atoms with van der Waals surface area (Å²) in [4.78, 5) is 61.8. The Morgan fingerprint density at radius 2 is 1.47 bits per heavy atom. The predicted molar refractivity (Wildman–Crippen MR) is 171 cm³/mol. The van der Waals surface area contributed by atoms with Crippen molar-refractivity contribution in [3.8, 4) is 0 Å². The molecule has 0 spiro atoms. The van der Waals surface area contributed by atoms with Gasteiger partial charge >= 0.3 is 47.5 Å². The van der Waals surface area contributed by atoms with Gasteiger partial charge in [0.1, 0.15) is 23.6 Å². The first-order valence-corrected chi connectivity index (χ1v) is 12.9. The van der Waals surface area contributed by atoms with Crippen molar-refractivity contribution in [1.82, 2.24) is 19.9 Å². The first-order chi connectivity index (χ1) is 23.3. The van der Waals surface area contributed by atoms with E-state index in [9.17, 15) is 19.2 Å². The number of aromatic nitrogens is 4. The number of fused-ring (bicyclic) bond motifs is 1. The van der Waals surface area contributed by atoms with Crippen LogP contribution in [0.4, 0.5) is 0 Å². The number of esters is 3. The van der Waals surface area contributed by atoms with Gasteiger partial charge in [0, 0.05) is 35.5 Å². The van der Waals surface area contributed by atoms with Gasteiger partial charge in [-0.2, -0.15) is 7.11 Å². The van der Waals surface area contributed by atoms with Gasteiger partial charge in [0.05, 0.1) is 38.1 Å². The molecular weight excluding hydrogens is 655 g/mol. The van der Waals surface area contributed by atoms with E-state index < -0.39 is 11.9 Å². The summed E-state index contributed by atoms with van der Waals surface area (Å²) in [5, 5.41) is 21.4. The number of hydrogen-bond donors (Lipinski definition) is 2. The average molecular weight is 689 g/mol. The Labute approximate surface area is 302 Å². The van der Waals surface area contributed by atoms with Crippen LogP contribution in [0.2, 0.25) is 0 Å². The second-order valence-electron chi connectivity index (χ2n) is 7.41. The van der Waals surface area contributed by atoms with Crippen LogP contribution in [-0.2, 0) is 23.8 Å². The predicted octanol–water partition coefficient (Wildman–Crippen LogP) is 0.208. The summed E-state index contributed by atoms with van der Waals surface area (Å²) in [5.41, 5.74) is 18.8. The monoisotopic (exact) mass is 688 g/mol. The number of aliphatic hydroxyl groups is 1. The van der Waals surface area contributed by atoms with Gasteiger partial charge in [-0.1, -0.05) is 22.4 Å². The fourth-order valence-corrected chi connectivity index (χ4v) is 2.66. The molecule has 4 aromatic heterocycles. The maximum Gasteiger partial charge on any atom is 1.00 e. The van der Waals surface area contributed by atoms with Crippen molar-refractivity contribution in [2.75, 3.05) is 42.1 Å². The van der Waals surface area contributed by atoms with Crippen LogP contribution in [0.5, 0.6) is 0 Å². The Balaban J connectivity index is -0.000000570. The number of nitrogens with one attached hydrogen (secondary N) is 1. The summed E-state index contributed by atoms with van der Waals surface area (Å²) < 4.78 is 13.2. The third-order valence-corrected chi connectivity index (χ3v) is 4.61. The molecule has 0 atom stereocenters. The van der Waals surface area contributed by atoms with Crippen molar-refractivity contribution in [3.05, 3.63) is 117 Å². The number of aliphatic hydroxyl groups excluding tert-OH is 1. The van der Waals surface area contributed by atoms with Crippen LogP contribution in [0.15, 0.2) is 89.1 Å². The van der Waals surface area contributed by atoms with E-state index in [1.807, 2.05) is 6.07 Å². The van der Waals surface area contributed by atoms with E-state index in [1.165, 1.54) is 27.4 Å². The molecule has 19 nitrogen and oxygen atoms in total. The van der Waals surface area contributed by atoms with Gasteiger partial charge in [0.2, 0.25) is 0 Å². The second-order valence-corrected chi connectivity index (χ2v) is 7.41. The van der Waals surface area contributed by atoms with Gasteiger partial charge in [-0.15, -0.1) is 0 Å². The van der Waals surface area contributed by atoms with Crippen LogP contribution >= 0.6 is 0 Å². The fraction of sp³-hybridized carbons (Fsp3) is 0.207. The Kier molecular flexibility index (Phi) is 31.5. The summed E-state index contributed by atoms with van der Waals surface area (Å²) in [7, 11) is 5.54. The molecule has 0 radical (unpaired) electrons. The van der Waals surface area contributed by atoms with E-state index in [1.54, 1.807) is 67.1 Å². The number of aromatic amines is 1. The van der Waals surface area contributed by atoms with Gasteiger partial charge < -0.3 is 29.4 Å². The van der Waals surface area contributed by atoms with Crippen molar-refractivity contribution < 1.29 is 73.2 Å². The van der Waals surface area contributed by atoms with Crippen molar-refractivity contribution in [1.29, 1.82) is 0 Å². The molecule has 4 aromatic rings. The largest absolute Gasteiger partial charge is 1.00 e. The minimum absolute atomic E-state index is 0. The van der Waals surface area contributed by atoms with Crippen LogP contribution < -0.4 is 34.7 Å². The van der Waals surface area contributed by atoms with E-state index in [0.29, 0.717) is 17.1 Å². The van der Waals surface area contributed by atoms with Crippen molar-refractivity contribution >= 4 is 41.3 Å². The fourth-order valence-electron chi connectivity index (χ4n) is 2.66. The molecule has 0 aromatic carbocycles. The number of nitrogens with zero attached hydrogens (tertiary/aromatic N) is 9. The first kappa shape index (κ1) is 47.8. The molecule has 0 aliphatic carbocycles. The molecule has 0 amide bonds. The Hall–Kier alpha value is -5.65. The molecule has 4 heterocycles. The summed E-state index contributed by atoms with van der Waals surface area (Å²) in [6.07, 6.45) is 6.91. The third kappa shape index (κ3) is 21.7. The molecule has 0 fully saturated rings. The van der Waals surface area contributed by atoms with E-state index in [4.69, 9.17) is 21.3 Å². The van der Waals surface area contributed by atoms with Gasteiger partial charge in [0.15, 0.2) is 6.29 Å². The van der Waals surface area contributed by atoms with Crippen LogP contribution in [0.3, 0.4) is 0 Å². The number of aldehydes is 1. The number of carbonyl (C=O) groups is 4. The molecule has 0 aliphatic rings. The molecule has 0 aliphatic heterocycles. The Bertz CT molecular complexity index is 1610. The summed E-state index contributed by atoms with van der Waals surface area (Å²) >= 11 is 0. The molecule has 254 valence electrons. The number of azide groups is 2. The van der Waals surface area contributed by atoms with E-state index in [2.05, 4.69) is 54.2 Å². The minimum Gasteiger partial charge on any atom is -0.857 e. The molecule has 4 rings (SSSR count). The normalized spacial score (nSPS) is 8.67. The second kappa shape index (κ2) is 32.3. The quantitative estimate of drug-likeness (QED) is 0.0385. The Morgan fingerprint density at radius 1 is 0.878 bits per heavy atom. The van der Waals surface area contributed by atoms with Crippen LogP contribution in [-0.4, -0.2) is 91.3 Å². The molecule has 0 saturated carbocycles. The van der Waals surface area contributed by atoms with Crippen molar-refractivity contribution in [3.63, 3.8) is 0 Å². The summed E-state index contributed by atoms with van der Waals surface area (Å²) in [5.74, 6) is -1.60. The molecule has 49 heavy (non-hydrogen) atoms. The third-order valence-electron chi connectivity index (χ3n) is 4.61. The number of H-pyrrole nitrogens is 1. The molecule has 2 N–H and O–H groups in total. The molecule has 0 bridgehead atoms. The summed E-state index contributed by atoms with van der Waals surface area (Å²) in [6.45, 7) is -0.229. The molecular formula is C29H33N10NaO9. The minimum atomic E-state index is -0.696. The topological polar surface area (TPSA) is 291 Å². The molecule has 20 heteroatoms.